The summed E-state index contributed by atoms with van der Waals surface area (Å²) in [6.07, 6.45) is 7.67. The summed E-state index contributed by atoms with van der Waals surface area (Å²) < 4.78 is 5.45. The van der Waals surface area contributed by atoms with Crippen molar-refractivity contribution in [1.82, 2.24) is 9.80 Å². The molecule has 1 aromatic heterocycles. The first kappa shape index (κ1) is 17.2. The van der Waals surface area contributed by atoms with Crippen LogP contribution in [0, 0.1) is 6.92 Å². The highest BCUT2D eigenvalue weighted by atomic mass is 16.3. The van der Waals surface area contributed by atoms with Gasteiger partial charge in [-0.25, -0.2) is 0 Å². The topological polar surface area (TPSA) is 36.7 Å². The monoisotopic (exact) mass is 336 g/mol. The van der Waals surface area contributed by atoms with Crippen molar-refractivity contribution >= 4 is 18.1 Å². The van der Waals surface area contributed by atoms with E-state index < -0.39 is 0 Å². The fourth-order valence-corrected chi connectivity index (χ4v) is 2.85. The Morgan fingerprint density at radius 3 is 2.48 bits per heavy atom. The van der Waals surface area contributed by atoms with Gasteiger partial charge in [-0.3, -0.25) is 9.69 Å². The lowest BCUT2D eigenvalue weighted by Gasteiger charge is -2.33. The second kappa shape index (κ2) is 8.49. The SMILES string of the molecule is Cc1ccc(/C=C/C(=O)N2CCN(C/C=C/c3ccccc3)CC2)o1. The van der Waals surface area contributed by atoms with Crippen molar-refractivity contribution in [2.45, 2.75) is 6.92 Å². The van der Waals surface area contributed by atoms with Crippen molar-refractivity contribution in [2.24, 2.45) is 0 Å². The molecule has 0 spiro atoms. The Hall–Kier alpha value is -2.59. The van der Waals surface area contributed by atoms with E-state index in [0.29, 0.717) is 0 Å². The third kappa shape index (κ3) is 5.19. The minimum Gasteiger partial charge on any atom is -0.462 e. The number of aryl methyl sites for hydroxylation is 1. The van der Waals surface area contributed by atoms with Gasteiger partial charge in [0.2, 0.25) is 5.91 Å². The number of carbonyl (C=O) groups excluding carboxylic acids is 1. The molecule has 3 rings (SSSR count). The van der Waals surface area contributed by atoms with Crippen LogP contribution in [-0.2, 0) is 4.79 Å². The molecule has 0 N–H and O–H groups in total. The van der Waals surface area contributed by atoms with E-state index in [1.54, 1.807) is 12.2 Å². The average Bonchev–Trinajstić information content (AvgIpc) is 3.06. The van der Waals surface area contributed by atoms with Gasteiger partial charge in [0.1, 0.15) is 11.5 Å². The summed E-state index contributed by atoms with van der Waals surface area (Å²) in [7, 11) is 0. The number of furan rings is 1. The number of piperazine rings is 1. The van der Waals surface area contributed by atoms with E-state index in [4.69, 9.17) is 4.42 Å². The van der Waals surface area contributed by atoms with Gasteiger partial charge in [-0.15, -0.1) is 0 Å². The Labute approximate surface area is 149 Å². The van der Waals surface area contributed by atoms with Crippen LogP contribution in [0.5, 0.6) is 0 Å². The maximum atomic E-state index is 12.2. The van der Waals surface area contributed by atoms with Crippen molar-refractivity contribution in [3.05, 3.63) is 71.7 Å². The van der Waals surface area contributed by atoms with E-state index in [-0.39, 0.29) is 5.91 Å². The lowest BCUT2D eigenvalue weighted by Crippen LogP contribution is -2.48. The molecule has 0 atom stereocenters. The smallest absolute Gasteiger partial charge is 0.246 e. The van der Waals surface area contributed by atoms with Crippen molar-refractivity contribution in [2.75, 3.05) is 32.7 Å². The summed E-state index contributed by atoms with van der Waals surface area (Å²) in [6.45, 7) is 6.14. The molecular weight excluding hydrogens is 312 g/mol. The van der Waals surface area contributed by atoms with E-state index in [9.17, 15) is 4.79 Å². The Kier molecular flexibility index (Phi) is 5.86. The minimum absolute atomic E-state index is 0.0496. The highest BCUT2D eigenvalue weighted by molar-refractivity contribution is 5.91. The normalized spacial score (nSPS) is 16.1. The molecule has 130 valence electrons. The van der Waals surface area contributed by atoms with Gasteiger partial charge in [0.15, 0.2) is 0 Å². The summed E-state index contributed by atoms with van der Waals surface area (Å²) >= 11 is 0. The van der Waals surface area contributed by atoms with Crippen LogP contribution >= 0.6 is 0 Å². The highest BCUT2D eigenvalue weighted by Gasteiger charge is 2.18. The first-order valence-electron chi connectivity index (χ1n) is 8.68. The van der Waals surface area contributed by atoms with E-state index in [0.717, 1.165) is 44.2 Å². The van der Waals surface area contributed by atoms with Crippen LogP contribution in [0.1, 0.15) is 17.1 Å². The zero-order chi connectivity index (χ0) is 17.5. The van der Waals surface area contributed by atoms with Gasteiger partial charge in [0.05, 0.1) is 0 Å². The average molecular weight is 336 g/mol. The molecule has 1 aromatic carbocycles. The quantitative estimate of drug-likeness (QED) is 0.785. The zero-order valence-electron chi connectivity index (χ0n) is 14.6. The van der Waals surface area contributed by atoms with Crippen molar-refractivity contribution in [1.29, 1.82) is 0 Å². The zero-order valence-corrected chi connectivity index (χ0v) is 14.6. The van der Waals surface area contributed by atoms with Gasteiger partial charge in [-0.05, 0) is 30.7 Å². The molecule has 1 fully saturated rings. The Bertz CT molecular complexity index is 738. The van der Waals surface area contributed by atoms with Crippen LogP contribution in [0.2, 0.25) is 0 Å². The molecule has 4 nitrogen and oxygen atoms in total. The Morgan fingerprint density at radius 1 is 1.04 bits per heavy atom. The van der Waals surface area contributed by atoms with Gasteiger partial charge in [-0.2, -0.15) is 0 Å². The molecule has 1 aliphatic rings. The number of hydrogen-bond acceptors (Lipinski definition) is 3. The van der Waals surface area contributed by atoms with E-state index in [2.05, 4.69) is 29.2 Å². The predicted molar refractivity (Wildman–Crippen MR) is 101 cm³/mol. The largest absolute Gasteiger partial charge is 0.462 e. The fraction of sp³-hybridized carbons (Fsp3) is 0.286. The van der Waals surface area contributed by atoms with Crippen molar-refractivity contribution < 1.29 is 9.21 Å². The van der Waals surface area contributed by atoms with E-state index in [1.807, 2.05) is 42.2 Å². The van der Waals surface area contributed by atoms with Crippen LogP contribution in [0.4, 0.5) is 0 Å². The van der Waals surface area contributed by atoms with Gasteiger partial charge < -0.3 is 9.32 Å². The van der Waals surface area contributed by atoms with Crippen molar-refractivity contribution in [3.63, 3.8) is 0 Å². The van der Waals surface area contributed by atoms with Crippen LogP contribution in [0.15, 0.2) is 59.0 Å². The summed E-state index contributed by atoms with van der Waals surface area (Å²) in [4.78, 5) is 16.5. The molecule has 0 unspecified atom stereocenters. The number of nitrogens with zero attached hydrogens (tertiary/aromatic N) is 2. The Morgan fingerprint density at radius 2 is 1.80 bits per heavy atom. The fourth-order valence-electron chi connectivity index (χ4n) is 2.85. The Balaban J connectivity index is 1.43. The number of hydrogen-bond donors (Lipinski definition) is 0. The van der Waals surface area contributed by atoms with E-state index in [1.165, 1.54) is 5.56 Å². The van der Waals surface area contributed by atoms with Crippen LogP contribution < -0.4 is 0 Å². The van der Waals surface area contributed by atoms with Crippen LogP contribution in [-0.4, -0.2) is 48.4 Å². The molecule has 0 saturated carbocycles. The standard InChI is InChI=1S/C21H24N2O2/c1-18-9-10-20(25-18)11-12-21(24)23-16-14-22(15-17-23)13-5-8-19-6-3-2-4-7-19/h2-12H,13-17H2,1H3/b8-5+,12-11+. The molecule has 4 heteroatoms. The third-order valence-electron chi connectivity index (χ3n) is 4.31. The molecule has 1 amide bonds. The molecule has 0 radical (unpaired) electrons. The van der Waals surface area contributed by atoms with Gasteiger partial charge in [-0.1, -0.05) is 42.5 Å². The molecule has 1 saturated heterocycles. The predicted octanol–water partition coefficient (Wildman–Crippen LogP) is 3.46. The maximum absolute atomic E-state index is 12.2. The summed E-state index contributed by atoms with van der Waals surface area (Å²) in [5, 5.41) is 0. The summed E-state index contributed by atoms with van der Waals surface area (Å²) in [6, 6.07) is 14.1. The molecule has 25 heavy (non-hydrogen) atoms. The summed E-state index contributed by atoms with van der Waals surface area (Å²) in [5.41, 5.74) is 1.22. The lowest BCUT2D eigenvalue weighted by molar-refractivity contribution is -0.127. The molecule has 2 aromatic rings. The second-order valence-corrected chi connectivity index (χ2v) is 6.22. The summed E-state index contributed by atoms with van der Waals surface area (Å²) in [5.74, 6) is 1.62. The first-order valence-corrected chi connectivity index (χ1v) is 8.68. The van der Waals surface area contributed by atoms with Crippen molar-refractivity contribution in [3.8, 4) is 0 Å². The van der Waals surface area contributed by atoms with E-state index >= 15 is 0 Å². The van der Waals surface area contributed by atoms with Crippen LogP contribution in [0.3, 0.4) is 0 Å². The lowest BCUT2D eigenvalue weighted by atomic mass is 10.2. The van der Waals surface area contributed by atoms with Gasteiger partial charge in [0, 0.05) is 38.8 Å². The molecule has 2 heterocycles. The maximum Gasteiger partial charge on any atom is 0.246 e. The number of rotatable bonds is 5. The minimum atomic E-state index is 0.0496. The number of benzene rings is 1. The second-order valence-electron chi connectivity index (χ2n) is 6.22. The van der Waals surface area contributed by atoms with Gasteiger partial charge in [0.25, 0.3) is 0 Å². The highest BCUT2D eigenvalue weighted by Crippen LogP contribution is 2.09. The molecular formula is C21H24N2O2. The number of amides is 1. The third-order valence-corrected chi connectivity index (χ3v) is 4.31. The molecule has 0 aliphatic carbocycles. The first-order chi connectivity index (χ1) is 12.2. The number of carbonyl (C=O) groups is 1. The van der Waals surface area contributed by atoms with Crippen LogP contribution in [0.25, 0.3) is 12.2 Å². The van der Waals surface area contributed by atoms with Gasteiger partial charge >= 0.3 is 0 Å². The molecule has 0 bridgehead atoms. The molecule has 1 aliphatic heterocycles.